The Hall–Kier alpha value is -1.24. The molecule has 0 spiro atoms. The summed E-state index contributed by atoms with van der Waals surface area (Å²) in [5.74, 6) is 1.03. The highest BCUT2D eigenvalue weighted by atomic mass is 32.2. The second kappa shape index (κ2) is 7.55. The summed E-state index contributed by atoms with van der Waals surface area (Å²) in [5.41, 5.74) is -0.212. The van der Waals surface area contributed by atoms with E-state index >= 15 is 0 Å². The first-order chi connectivity index (χ1) is 10.8. The Labute approximate surface area is 140 Å². The number of hydrogen-bond acceptors (Lipinski definition) is 5. The van der Waals surface area contributed by atoms with Crippen molar-refractivity contribution in [3.63, 3.8) is 0 Å². The molecule has 1 aliphatic rings. The highest BCUT2D eigenvalue weighted by Crippen LogP contribution is 2.19. The fourth-order valence-electron chi connectivity index (χ4n) is 2.53. The number of hydrogen-bond donors (Lipinski definition) is 0. The predicted octanol–water partition coefficient (Wildman–Crippen LogP) is 2.41. The Balaban J connectivity index is 1.96. The zero-order chi connectivity index (χ0) is 17.0. The Morgan fingerprint density at radius 1 is 1.26 bits per heavy atom. The van der Waals surface area contributed by atoms with Crippen LogP contribution >= 0.6 is 0 Å². The van der Waals surface area contributed by atoms with Crippen molar-refractivity contribution in [1.29, 1.82) is 0 Å². The summed E-state index contributed by atoms with van der Waals surface area (Å²) in [4.78, 5) is 18.7. The minimum Gasteiger partial charge on any atom is -0.342 e. The third-order valence-electron chi connectivity index (χ3n) is 4.06. The molecule has 130 valence electrons. The first kappa shape index (κ1) is 18.1. The second-order valence-corrected chi connectivity index (χ2v) is 8.93. The number of likely N-dealkylation sites (tertiary alicyclic amines) is 1. The van der Waals surface area contributed by atoms with Crippen LogP contribution in [0.15, 0.2) is 4.52 Å². The summed E-state index contributed by atoms with van der Waals surface area (Å²) in [6, 6.07) is 0. The van der Waals surface area contributed by atoms with Gasteiger partial charge < -0.3 is 9.42 Å². The standard InChI is InChI=1S/C16H27N3O3S/c1-12(14(20)19-9-7-5-6-8-10-19)23(21)11-13-17-15(18-22-13)16(2,3)4/h12H,5-11H2,1-4H3/t12-,23+/m1/s1. The van der Waals surface area contributed by atoms with Gasteiger partial charge in [-0.3, -0.25) is 9.00 Å². The molecular weight excluding hydrogens is 314 g/mol. The van der Waals surface area contributed by atoms with Crippen molar-refractivity contribution in [1.82, 2.24) is 15.0 Å². The van der Waals surface area contributed by atoms with Gasteiger partial charge in [-0.25, -0.2) is 0 Å². The lowest BCUT2D eigenvalue weighted by molar-refractivity contribution is -0.130. The molecule has 1 amide bonds. The quantitative estimate of drug-likeness (QED) is 0.840. The van der Waals surface area contributed by atoms with E-state index in [1.807, 2.05) is 25.7 Å². The number of carbonyl (C=O) groups is 1. The van der Waals surface area contributed by atoms with Crippen LogP contribution in [-0.2, 0) is 26.8 Å². The molecule has 0 aliphatic carbocycles. The van der Waals surface area contributed by atoms with E-state index in [-0.39, 0.29) is 17.1 Å². The van der Waals surface area contributed by atoms with Gasteiger partial charge in [-0.2, -0.15) is 4.98 Å². The highest BCUT2D eigenvalue weighted by Gasteiger charge is 2.28. The number of rotatable bonds is 4. The SMILES string of the molecule is C[C@H](C(=O)N1CCCCCC1)[S@@](=O)Cc1nc(C(C)(C)C)no1. The maximum absolute atomic E-state index is 12.5. The van der Waals surface area contributed by atoms with Gasteiger partial charge in [0.1, 0.15) is 11.0 Å². The lowest BCUT2D eigenvalue weighted by Gasteiger charge is -2.23. The van der Waals surface area contributed by atoms with Crippen LogP contribution in [-0.4, -0.2) is 43.5 Å². The smallest absolute Gasteiger partial charge is 0.239 e. The summed E-state index contributed by atoms with van der Waals surface area (Å²) in [7, 11) is -1.35. The zero-order valence-electron chi connectivity index (χ0n) is 14.5. The summed E-state index contributed by atoms with van der Waals surface area (Å²) < 4.78 is 17.7. The van der Waals surface area contributed by atoms with Gasteiger partial charge in [-0.15, -0.1) is 0 Å². The van der Waals surface area contributed by atoms with E-state index in [2.05, 4.69) is 10.1 Å². The van der Waals surface area contributed by atoms with Crippen molar-refractivity contribution in [2.24, 2.45) is 0 Å². The van der Waals surface area contributed by atoms with Crippen LogP contribution in [0.1, 0.15) is 65.1 Å². The third-order valence-corrected chi connectivity index (χ3v) is 5.59. The molecule has 1 aromatic heterocycles. The van der Waals surface area contributed by atoms with Gasteiger partial charge in [0, 0.05) is 29.3 Å². The van der Waals surface area contributed by atoms with E-state index in [1.165, 1.54) is 12.8 Å². The van der Waals surface area contributed by atoms with E-state index in [1.54, 1.807) is 6.92 Å². The molecule has 6 nitrogen and oxygen atoms in total. The predicted molar refractivity (Wildman–Crippen MR) is 89.4 cm³/mol. The molecule has 7 heteroatoms. The van der Waals surface area contributed by atoms with E-state index in [4.69, 9.17) is 4.52 Å². The minimum absolute atomic E-state index is 0.0270. The second-order valence-electron chi connectivity index (χ2n) is 7.17. The molecule has 2 atom stereocenters. The number of nitrogens with zero attached hydrogens (tertiary/aromatic N) is 3. The van der Waals surface area contributed by atoms with Crippen molar-refractivity contribution in [2.45, 2.75) is 69.8 Å². The van der Waals surface area contributed by atoms with Crippen molar-refractivity contribution in [3.8, 4) is 0 Å². The molecule has 0 radical (unpaired) electrons. The maximum Gasteiger partial charge on any atom is 0.239 e. The van der Waals surface area contributed by atoms with Gasteiger partial charge in [0.25, 0.3) is 0 Å². The summed E-state index contributed by atoms with van der Waals surface area (Å²) in [6.45, 7) is 9.24. The van der Waals surface area contributed by atoms with E-state index in [0.29, 0.717) is 11.7 Å². The van der Waals surface area contributed by atoms with E-state index in [0.717, 1.165) is 25.9 Å². The monoisotopic (exact) mass is 341 g/mol. The molecule has 2 heterocycles. The van der Waals surface area contributed by atoms with E-state index in [9.17, 15) is 9.00 Å². The number of carbonyl (C=O) groups excluding carboxylic acids is 1. The summed E-state index contributed by atoms with van der Waals surface area (Å²) in [5, 5.41) is 3.39. The Morgan fingerprint density at radius 3 is 2.39 bits per heavy atom. The molecule has 1 aliphatic heterocycles. The van der Waals surface area contributed by atoms with Crippen LogP contribution in [0.5, 0.6) is 0 Å². The lowest BCUT2D eigenvalue weighted by atomic mass is 9.96. The van der Waals surface area contributed by atoms with E-state index < -0.39 is 16.0 Å². The van der Waals surface area contributed by atoms with Crippen LogP contribution in [0, 0.1) is 0 Å². The Morgan fingerprint density at radius 2 is 1.87 bits per heavy atom. The van der Waals surface area contributed by atoms with Crippen molar-refractivity contribution in [2.75, 3.05) is 13.1 Å². The molecule has 1 fully saturated rings. The molecule has 23 heavy (non-hydrogen) atoms. The molecule has 1 saturated heterocycles. The molecule has 0 N–H and O–H groups in total. The number of amides is 1. The van der Waals surface area contributed by atoms with Gasteiger partial charge in [0.05, 0.1) is 0 Å². The maximum atomic E-state index is 12.5. The van der Waals surface area contributed by atoms with Gasteiger partial charge in [-0.05, 0) is 19.8 Å². The topological polar surface area (TPSA) is 76.3 Å². The van der Waals surface area contributed by atoms with Crippen LogP contribution in [0.25, 0.3) is 0 Å². The average Bonchev–Trinajstić information content (AvgIpc) is 2.80. The fourth-order valence-corrected chi connectivity index (χ4v) is 3.51. The van der Waals surface area contributed by atoms with Gasteiger partial charge in [0.15, 0.2) is 5.82 Å². The largest absolute Gasteiger partial charge is 0.342 e. The van der Waals surface area contributed by atoms with Crippen LogP contribution in [0.3, 0.4) is 0 Å². The molecule has 0 saturated carbocycles. The molecular formula is C16H27N3O3S. The first-order valence-electron chi connectivity index (χ1n) is 8.28. The molecule has 0 unspecified atom stereocenters. The zero-order valence-corrected chi connectivity index (χ0v) is 15.3. The van der Waals surface area contributed by atoms with Crippen molar-refractivity contribution < 1.29 is 13.5 Å². The summed E-state index contributed by atoms with van der Waals surface area (Å²) >= 11 is 0. The number of aromatic nitrogens is 2. The minimum atomic E-state index is -1.35. The van der Waals surface area contributed by atoms with Gasteiger partial charge in [0.2, 0.25) is 11.8 Å². The van der Waals surface area contributed by atoms with Crippen molar-refractivity contribution in [3.05, 3.63) is 11.7 Å². The lowest BCUT2D eigenvalue weighted by Crippen LogP contribution is -2.40. The van der Waals surface area contributed by atoms with Gasteiger partial charge >= 0.3 is 0 Å². The fraction of sp³-hybridized carbons (Fsp3) is 0.812. The molecule has 0 aromatic carbocycles. The van der Waals surface area contributed by atoms with Gasteiger partial charge in [-0.1, -0.05) is 38.8 Å². The molecule has 0 bridgehead atoms. The Kier molecular flexibility index (Phi) is 5.95. The summed E-state index contributed by atoms with van der Waals surface area (Å²) in [6.07, 6.45) is 4.39. The first-order valence-corrected chi connectivity index (χ1v) is 9.66. The van der Waals surface area contributed by atoms with Crippen LogP contribution < -0.4 is 0 Å². The normalized spacial score (nSPS) is 19.2. The van der Waals surface area contributed by atoms with Crippen LogP contribution in [0.4, 0.5) is 0 Å². The van der Waals surface area contributed by atoms with Crippen molar-refractivity contribution >= 4 is 16.7 Å². The third kappa shape index (κ3) is 4.86. The highest BCUT2D eigenvalue weighted by molar-refractivity contribution is 7.85. The molecule has 1 aromatic rings. The molecule has 2 rings (SSSR count). The Bertz CT molecular complexity index is 557. The van der Waals surface area contributed by atoms with Crippen LogP contribution in [0.2, 0.25) is 0 Å². The average molecular weight is 341 g/mol.